The minimum absolute atomic E-state index is 0.119. The van der Waals surface area contributed by atoms with Gasteiger partial charge in [0.05, 0.1) is 12.1 Å². The smallest absolute Gasteiger partial charge is 0.251 e. The van der Waals surface area contributed by atoms with Crippen molar-refractivity contribution in [3.8, 4) is 5.75 Å². The van der Waals surface area contributed by atoms with Crippen LogP contribution in [-0.4, -0.2) is 54.9 Å². The molecule has 0 spiro atoms. The second-order valence-electron chi connectivity index (χ2n) is 9.59. The summed E-state index contributed by atoms with van der Waals surface area (Å²) < 4.78 is 20.0. The van der Waals surface area contributed by atoms with E-state index in [9.17, 15) is 14.3 Å². The molecule has 40 heavy (non-hydrogen) atoms. The fourth-order valence-corrected chi connectivity index (χ4v) is 4.25. The van der Waals surface area contributed by atoms with Gasteiger partial charge in [-0.25, -0.2) is 9.37 Å². The number of carbonyl (C=O) groups is 1. The lowest BCUT2D eigenvalue weighted by molar-refractivity contribution is 0.0829. The number of hydrogen-bond acceptors (Lipinski definition) is 6. The van der Waals surface area contributed by atoms with Gasteiger partial charge in [-0.1, -0.05) is 56.0 Å². The van der Waals surface area contributed by atoms with Crippen LogP contribution in [0.5, 0.6) is 5.75 Å². The van der Waals surface area contributed by atoms with Gasteiger partial charge in [0.15, 0.2) is 11.6 Å². The van der Waals surface area contributed by atoms with E-state index in [0.717, 1.165) is 12.0 Å². The summed E-state index contributed by atoms with van der Waals surface area (Å²) in [6.07, 6.45) is 5.08. The van der Waals surface area contributed by atoms with Crippen LogP contribution in [-0.2, 0) is 19.4 Å². The Morgan fingerprint density at radius 1 is 1.12 bits per heavy atom. The van der Waals surface area contributed by atoms with Crippen molar-refractivity contribution >= 4 is 11.7 Å². The fraction of sp³-hybridized carbons (Fsp3) is 0.312. The van der Waals surface area contributed by atoms with Crippen molar-refractivity contribution < 1.29 is 19.0 Å². The van der Waals surface area contributed by atoms with E-state index in [2.05, 4.69) is 47.8 Å². The largest absolute Gasteiger partial charge is 0.486 e. The number of aryl methyl sites for hydroxylation is 1. The van der Waals surface area contributed by atoms with Crippen molar-refractivity contribution in [1.29, 1.82) is 0 Å². The van der Waals surface area contributed by atoms with E-state index in [1.165, 1.54) is 11.6 Å². The molecule has 0 aliphatic carbocycles. The van der Waals surface area contributed by atoms with Gasteiger partial charge < -0.3 is 25.4 Å². The van der Waals surface area contributed by atoms with Gasteiger partial charge in [0.1, 0.15) is 12.4 Å². The molecule has 7 nitrogen and oxygen atoms in total. The summed E-state index contributed by atoms with van der Waals surface area (Å²) in [5.74, 6) is -0.134. The Kier molecular flexibility index (Phi) is 11.9. The number of hydrogen-bond donors (Lipinski definition) is 3. The van der Waals surface area contributed by atoms with Gasteiger partial charge in [0.2, 0.25) is 0 Å². The van der Waals surface area contributed by atoms with Crippen molar-refractivity contribution in [2.75, 3.05) is 31.6 Å². The summed E-state index contributed by atoms with van der Waals surface area (Å²) in [6.45, 7) is 11.0. The molecule has 0 radical (unpaired) electrons. The Morgan fingerprint density at radius 2 is 1.93 bits per heavy atom. The number of likely N-dealkylation sites (N-methyl/N-ethyl adjacent to an activating group) is 1. The molecule has 1 heterocycles. The lowest BCUT2D eigenvalue weighted by Gasteiger charge is -2.25. The standard InChI is InChI=1S/C32H39FN4O3/c1-5-15-37(4)31-20-26(13-14-35-31)32(39)36-28(19-24-11-12-30(27(33)18-24)40-16-6-2)29(38)22-34-21-25-10-8-9-23(7-3)17-25/h5-6,8-14,17-18,20,28-29,34,38H,1-2,7,15-16,19,21-22H2,3-4H3,(H,36,39)/t28-,29+/m0/s1. The molecular weight excluding hydrogens is 507 g/mol. The first-order valence-corrected chi connectivity index (χ1v) is 13.4. The number of amides is 1. The average Bonchev–Trinajstić information content (AvgIpc) is 2.96. The van der Waals surface area contributed by atoms with Gasteiger partial charge >= 0.3 is 0 Å². The fourth-order valence-electron chi connectivity index (χ4n) is 4.25. The Morgan fingerprint density at radius 3 is 2.65 bits per heavy atom. The van der Waals surface area contributed by atoms with Gasteiger partial charge in [0.25, 0.3) is 5.91 Å². The maximum Gasteiger partial charge on any atom is 0.251 e. The number of carbonyl (C=O) groups excluding carboxylic acids is 1. The van der Waals surface area contributed by atoms with Gasteiger partial charge in [-0.3, -0.25) is 4.79 Å². The number of nitrogens with one attached hydrogen (secondary N) is 2. The third-order valence-electron chi connectivity index (χ3n) is 6.47. The third kappa shape index (κ3) is 9.03. The zero-order chi connectivity index (χ0) is 28.9. The van der Waals surface area contributed by atoms with Crippen molar-refractivity contribution in [3.05, 3.63) is 114 Å². The monoisotopic (exact) mass is 546 g/mol. The van der Waals surface area contributed by atoms with Gasteiger partial charge in [-0.15, -0.1) is 6.58 Å². The second-order valence-corrected chi connectivity index (χ2v) is 9.59. The maximum absolute atomic E-state index is 14.6. The number of pyridine rings is 1. The van der Waals surface area contributed by atoms with E-state index in [1.807, 2.05) is 24.1 Å². The van der Waals surface area contributed by atoms with Crippen LogP contribution in [0.2, 0.25) is 0 Å². The molecule has 0 bridgehead atoms. The molecule has 0 aliphatic heterocycles. The molecule has 0 saturated heterocycles. The van der Waals surface area contributed by atoms with Gasteiger partial charge in [-0.05, 0) is 53.8 Å². The first-order chi connectivity index (χ1) is 19.3. The molecule has 0 aliphatic rings. The summed E-state index contributed by atoms with van der Waals surface area (Å²) in [6, 6.07) is 15.5. The number of rotatable bonds is 16. The van der Waals surface area contributed by atoms with Crippen LogP contribution in [0.15, 0.2) is 86.1 Å². The summed E-state index contributed by atoms with van der Waals surface area (Å²) in [7, 11) is 1.86. The summed E-state index contributed by atoms with van der Waals surface area (Å²) in [4.78, 5) is 19.5. The highest BCUT2D eigenvalue weighted by atomic mass is 19.1. The summed E-state index contributed by atoms with van der Waals surface area (Å²) in [5.41, 5.74) is 3.37. The molecule has 212 valence electrons. The van der Waals surface area contributed by atoms with Crippen LogP contribution < -0.4 is 20.3 Å². The molecule has 2 atom stereocenters. The highest BCUT2D eigenvalue weighted by Gasteiger charge is 2.23. The normalized spacial score (nSPS) is 12.3. The van der Waals surface area contributed by atoms with Crippen molar-refractivity contribution in [1.82, 2.24) is 15.6 Å². The quantitative estimate of drug-likeness (QED) is 0.230. The average molecular weight is 547 g/mol. The number of anilines is 1. The van der Waals surface area contributed by atoms with Crippen LogP contribution in [0.3, 0.4) is 0 Å². The van der Waals surface area contributed by atoms with E-state index < -0.39 is 18.0 Å². The Balaban J connectivity index is 1.75. The number of aliphatic hydroxyl groups excluding tert-OH is 1. The van der Waals surface area contributed by atoms with Crippen molar-refractivity contribution in [2.45, 2.75) is 38.5 Å². The van der Waals surface area contributed by atoms with Crippen LogP contribution in [0.25, 0.3) is 0 Å². The topological polar surface area (TPSA) is 86.7 Å². The number of benzene rings is 2. The first-order valence-electron chi connectivity index (χ1n) is 13.4. The molecule has 0 unspecified atom stereocenters. The van der Waals surface area contributed by atoms with E-state index in [0.29, 0.717) is 30.0 Å². The molecule has 0 saturated carbocycles. The molecule has 3 aromatic rings. The molecule has 3 N–H and O–H groups in total. The zero-order valence-electron chi connectivity index (χ0n) is 23.3. The molecule has 1 amide bonds. The van der Waals surface area contributed by atoms with Crippen LogP contribution in [0.4, 0.5) is 10.2 Å². The Labute approximate surface area is 236 Å². The summed E-state index contributed by atoms with van der Waals surface area (Å²) in [5, 5.41) is 17.4. The molecular formula is C32H39FN4O3. The molecule has 0 fully saturated rings. The summed E-state index contributed by atoms with van der Waals surface area (Å²) >= 11 is 0. The molecule has 2 aromatic carbocycles. The third-order valence-corrected chi connectivity index (χ3v) is 6.47. The predicted molar refractivity (Wildman–Crippen MR) is 158 cm³/mol. The maximum atomic E-state index is 14.6. The van der Waals surface area contributed by atoms with E-state index in [1.54, 1.807) is 42.6 Å². The van der Waals surface area contributed by atoms with Gasteiger partial charge in [0, 0.05) is 38.4 Å². The lowest BCUT2D eigenvalue weighted by atomic mass is 10.00. The van der Waals surface area contributed by atoms with Crippen LogP contribution in [0, 0.1) is 5.82 Å². The SMILES string of the molecule is C=CCOc1ccc(C[C@H](NC(=O)c2ccnc(N(C)CC=C)c2)[C@H](O)CNCc2cccc(CC)c2)cc1F. The predicted octanol–water partition coefficient (Wildman–Crippen LogP) is 4.46. The van der Waals surface area contributed by atoms with Crippen molar-refractivity contribution in [3.63, 3.8) is 0 Å². The number of aromatic nitrogens is 1. The highest BCUT2D eigenvalue weighted by Crippen LogP contribution is 2.20. The Hall–Kier alpha value is -4.01. The first kappa shape index (κ1) is 30.5. The van der Waals surface area contributed by atoms with E-state index >= 15 is 0 Å². The highest BCUT2D eigenvalue weighted by molar-refractivity contribution is 5.95. The minimum atomic E-state index is -0.942. The van der Waals surface area contributed by atoms with E-state index in [4.69, 9.17) is 4.74 Å². The minimum Gasteiger partial charge on any atom is -0.486 e. The number of halogens is 1. The van der Waals surface area contributed by atoms with Crippen LogP contribution >= 0.6 is 0 Å². The molecule has 8 heteroatoms. The van der Waals surface area contributed by atoms with Crippen molar-refractivity contribution in [2.24, 2.45) is 0 Å². The van der Waals surface area contributed by atoms with Crippen LogP contribution in [0.1, 0.15) is 34.0 Å². The van der Waals surface area contributed by atoms with Gasteiger partial charge in [-0.2, -0.15) is 0 Å². The number of nitrogens with zero attached hydrogens (tertiary/aromatic N) is 2. The second kappa shape index (κ2) is 15.5. The zero-order valence-corrected chi connectivity index (χ0v) is 23.3. The number of ether oxygens (including phenoxy) is 1. The lowest BCUT2D eigenvalue weighted by Crippen LogP contribution is -2.48. The van der Waals surface area contributed by atoms with E-state index in [-0.39, 0.29) is 31.2 Å². The Bertz CT molecular complexity index is 1280. The number of aliphatic hydroxyl groups is 1. The molecule has 3 rings (SSSR count). The molecule has 1 aromatic heterocycles.